The molecule has 0 bridgehead atoms. The van der Waals surface area contributed by atoms with E-state index in [4.69, 9.17) is 0 Å². The lowest BCUT2D eigenvalue weighted by molar-refractivity contribution is -0.120. The first-order valence-electron chi connectivity index (χ1n) is 6.03. The van der Waals surface area contributed by atoms with Gasteiger partial charge in [-0.05, 0) is 25.0 Å². The van der Waals surface area contributed by atoms with Crippen LogP contribution < -0.4 is 16.0 Å². The van der Waals surface area contributed by atoms with Crippen molar-refractivity contribution in [3.05, 3.63) is 35.4 Å². The van der Waals surface area contributed by atoms with Gasteiger partial charge in [-0.2, -0.15) is 0 Å². The Morgan fingerprint density at radius 3 is 2.68 bits per heavy atom. The lowest BCUT2D eigenvalue weighted by atomic mass is 10.1. The van der Waals surface area contributed by atoms with Crippen molar-refractivity contribution in [1.29, 1.82) is 0 Å². The fourth-order valence-electron chi connectivity index (χ4n) is 1.92. The highest BCUT2D eigenvalue weighted by Gasteiger charge is 2.28. The second-order valence-electron chi connectivity index (χ2n) is 4.37. The van der Waals surface area contributed by atoms with Gasteiger partial charge >= 0.3 is 6.03 Å². The van der Waals surface area contributed by atoms with Gasteiger partial charge in [-0.25, -0.2) is 4.79 Å². The SMILES string of the molecule is Cc1ccccc1C(=O)NCCC1NC(=O)NC1=O. The first-order valence-corrected chi connectivity index (χ1v) is 6.03. The number of nitrogens with one attached hydrogen (secondary N) is 3. The average Bonchev–Trinajstić information content (AvgIpc) is 2.68. The summed E-state index contributed by atoms with van der Waals surface area (Å²) in [5.41, 5.74) is 1.51. The van der Waals surface area contributed by atoms with Crippen molar-refractivity contribution in [3.63, 3.8) is 0 Å². The molecule has 1 saturated heterocycles. The summed E-state index contributed by atoms with van der Waals surface area (Å²) < 4.78 is 0. The van der Waals surface area contributed by atoms with E-state index in [1.54, 1.807) is 12.1 Å². The van der Waals surface area contributed by atoms with Crippen LogP contribution in [0.3, 0.4) is 0 Å². The summed E-state index contributed by atoms with van der Waals surface area (Å²) in [6.45, 7) is 2.19. The maximum absolute atomic E-state index is 11.9. The van der Waals surface area contributed by atoms with Crippen LogP contribution in [-0.2, 0) is 4.79 Å². The third-order valence-corrected chi connectivity index (χ3v) is 2.97. The maximum Gasteiger partial charge on any atom is 0.322 e. The molecule has 1 aromatic rings. The standard InChI is InChI=1S/C13H15N3O3/c1-8-4-2-3-5-9(8)11(17)14-7-6-10-12(18)16-13(19)15-10/h2-5,10H,6-7H2,1H3,(H,14,17)(H2,15,16,18,19). The minimum absolute atomic E-state index is 0.178. The molecule has 100 valence electrons. The number of carbonyl (C=O) groups excluding carboxylic acids is 3. The molecule has 4 amide bonds. The van der Waals surface area contributed by atoms with E-state index in [9.17, 15) is 14.4 Å². The molecular formula is C13H15N3O3. The second-order valence-corrected chi connectivity index (χ2v) is 4.37. The van der Waals surface area contributed by atoms with Crippen molar-refractivity contribution in [3.8, 4) is 0 Å². The smallest absolute Gasteiger partial charge is 0.322 e. The van der Waals surface area contributed by atoms with Gasteiger partial charge in [0, 0.05) is 12.1 Å². The predicted molar refractivity (Wildman–Crippen MR) is 68.6 cm³/mol. The topological polar surface area (TPSA) is 87.3 Å². The molecule has 1 heterocycles. The van der Waals surface area contributed by atoms with Crippen LogP contribution in [-0.4, -0.2) is 30.4 Å². The van der Waals surface area contributed by atoms with E-state index in [-0.39, 0.29) is 11.8 Å². The van der Waals surface area contributed by atoms with E-state index in [1.165, 1.54) is 0 Å². The molecule has 1 aromatic carbocycles. The normalized spacial score (nSPS) is 17.8. The summed E-state index contributed by atoms with van der Waals surface area (Å²) in [7, 11) is 0. The number of hydrogen-bond donors (Lipinski definition) is 3. The quantitative estimate of drug-likeness (QED) is 0.682. The molecular weight excluding hydrogens is 246 g/mol. The number of amides is 4. The zero-order chi connectivity index (χ0) is 13.8. The molecule has 0 aromatic heterocycles. The summed E-state index contributed by atoms with van der Waals surface area (Å²) in [5.74, 6) is -0.530. The highest BCUT2D eigenvalue weighted by Crippen LogP contribution is 2.06. The Balaban J connectivity index is 1.83. The first-order chi connectivity index (χ1) is 9.08. The Labute approximate surface area is 110 Å². The minimum atomic E-state index is -0.565. The number of rotatable bonds is 4. The van der Waals surface area contributed by atoms with Gasteiger partial charge in [0.2, 0.25) is 0 Å². The van der Waals surface area contributed by atoms with E-state index in [2.05, 4.69) is 16.0 Å². The molecule has 19 heavy (non-hydrogen) atoms. The third-order valence-electron chi connectivity index (χ3n) is 2.97. The number of aryl methyl sites for hydroxylation is 1. The molecule has 1 aliphatic heterocycles. The molecule has 0 saturated carbocycles. The van der Waals surface area contributed by atoms with Gasteiger partial charge in [-0.15, -0.1) is 0 Å². The largest absolute Gasteiger partial charge is 0.352 e. The predicted octanol–water partition coefficient (Wildman–Crippen LogP) is 0.323. The van der Waals surface area contributed by atoms with Gasteiger partial charge in [-0.1, -0.05) is 18.2 Å². The summed E-state index contributed by atoms with van der Waals surface area (Å²) >= 11 is 0. The lowest BCUT2D eigenvalue weighted by Gasteiger charge is -2.09. The molecule has 1 fully saturated rings. The van der Waals surface area contributed by atoms with Crippen molar-refractivity contribution in [1.82, 2.24) is 16.0 Å². The average molecular weight is 261 g/mol. The van der Waals surface area contributed by atoms with E-state index in [1.807, 2.05) is 19.1 Å². The zero-order valence-corrected chi connectivity index (χ0v) is 10.5. The highest BCUT2D eigenvalue weighted by atomic mass is 16.2. The van der Waals surface area contributed by atoms with Crippen LogP contribution in [0, 0.1) is 6.92 Å². The van der Waals surface area contributed by atoms with Crippen LogP contribution in [0.15, 0.2) is 24.3 Å². The summed E-state index contributed by atoms with van der Waals surface area (Å²) in [5, 5.41) is 7.35. The van der Waals surface area contributed by atoms with Crippen LogP contribution >= 0.6 is 0 Å². The lowest BCUT2D eigenvalue weighted by Crippen LogP contribution is -2.34. The summed E-state index contributed by atoms with van der Waals surface area (Å²) in [6, 6.07) is 6.22. The number of urea groups is 1. The Bertz CT molecular complexity index is 528. The van der Waals surface area contributed by atoms with Gasteiger partial charge < -0.3 is 10.6 Å². The van der Waals surface area contributed by atoms with E-state index in [0.29, 0.717) is 18.5 Å². The third kappa shape index (κ3) is 3.09. The van der Waals surface area contributed by atoms with Crippen molar-refractivity contribution < 1.29 is 14.4 Å². The van der Waals surface area contributed by atoms with Crippen molar-refractivity contribution in [2.75, 3.05) is 6.54 Å². The second kappa shape index (κ2) is 5.51. The van der Waals surface area contributed by atoms with Gasteiger partial charge in [-0.3, -0.25) is 14.9 Å². The molecule has 1 aliphatic rings. The van der Waals surface area contributed by atoms with E-state index in [0.717, 1.165) is 5.56 Å². The zero-order valence-electron chi connectivity index (χ0n) is 10.5. The number of carbonyl (C=O) groups is 3. The van der Waals surface area contributed by atoms with Crippen LogP contribution in [0.4, 0.5) is 4.79 Å². The van der Waals surface area contributed by atoms with Crippen LogP contribution in [0.1, 0.15) is 22.3 Å². The Morgan fingerprint density at radius 1 is 1.32 bits per heavy atom. The molecule has 1 atom stereocenters. The van der Waals surface area contributed by atoms with Gasteiger partial charge in [0.25, 0.3) is 11.8 Å². The van der Waals surface area contributed by atoms with E-state index < -0.39 is 12.1 Å². The molecule has 2 rings (SSSR count). The van der Waals surface area contributed by atoms with Crippen LogP contribution in [0.2, 0.25) is 0 Å². The van der Waals surface area contributed by atoms with Crippen LogP contribution in [0.25, 0.3) is 0 Å². The Morgan fingerprint density at radius 2 is 2.05 bits per heavy atom. The molecule has 0 spiro atoms. The monoisotopic (exact) mass is 261 g/mol. The number of imide groups is 1. The molecule has 6 nitrogen and oxygen atoms in total. The van der Waals surface area contributed by atoms with Gasteiger partial charge in [0.15, 0.2) is 0 Å². The fraction of sp³-hybridized carbons (Fsp3) is 0.308. The van der Waals surface area contributed by atoms with Gasteiger partial charge in [0.1, 0.15) is 6.04 Å². The Kier molecular flexibility index (Phi) is 3.79. The maximum atomic E-state index is 11.9. The summed E-state index contributed by atoms with van der Waals surface area (Å²) in [4.78, 5) is 34.1. The summed E-state index contributed by atoms with van der Waals surface area (Å²) in [6.07, 6.45) is 0.370. The molecule has 1 unspecified atom stereocenters. The number of benzene rings is 1. The highest BCUT2D eigenvalue weighted by molar-refractivity contribution is 6.04. The van der Waals surface area contributed by atoms with Crippen molar-refractivity contribution in [2.24, 2.45) is 0 Å². The molecule has 0 radical (unpaired) electrons. The minimum Gasteiger partial charge on any atom is -0.352 e. The molecule has 6 heteroatoms. The van der Waals surface area contributed by atoms with Crippen molar-refractivity contribution in [2.45, 2.75) is 19.4 Å². The molecule has 0 aliphatic carbocycles. The van der Waals surface area contributed by atoms with Gasteiger partial charge in [0.05, 0.1) is 0 Å². The van der Waals surface area contributed by atoms with E-state index >= 15 is 0 Å². The van der Waals surface area contributed by atoms with Crippen LogP contribution in [0.5, 0.6) is 0 Å². The molecule has 3 N–H and O–H groups in total. The number of hydrogen-bond acceptors (Lipinski definition) is 3. The van der Waals surface area contributed by atoms with Crippen molar-refractivity contribution >= 4 is 17.8 Å². The fourth-order valence-corrected chi connectivity index (χ4v) is 1.92. The first kappa shape index (κ1) is 13.1. The Hall–Kier alpha value is -2.37.